The zero-order valence-electron chi connectivity index (χ0n) is 10.2. The van der Waals surface area contributed by atoms with E-state index in [-0.39, 0.29) is 0 Å². The summed E-state index contributed by atoms with van der Waals surface area (Å²) in [6, 6.07) is 18.0. The largest absolute Gasteiger partial charge is 0.151 e. The number of azo groups is 1. The molecule has 2 aromatic rings. The van der Waals surface area contributed by atoms with Crippen LogP contribution in [0.25, 0.3) is 0 Å². The molecular formula is C15H16N2. The van der Waals surface area contributed by atoms with E-state index in [9.17, 15) is 0 Å². The van der Waals surface area contributed by atoms with Crippen LogP contribution >= 0.6 is 0 Å². The topological polar surface area (TPSA) is 24.7 Å². The quantitative estimate of drug-likeness (QED) is 0.638. The van der Waals surface area contributed by atoms with Crippen LogP contribution in [-0.2, 0) is 0 Å². The molecule has 17 heavy (non-hydrogen) atoms. The molecule has 2 heteroatoms. The van der Waals surface area contributed by atoms with Crippen LogP contribution in [0, 0.1) is 0 Å². The van der Waals surface area contributed by atoms with Gasteiger partial charge in [0, 0.05) is 0 Å². The Morgan fingerprint density at radius 2 is 1.24 bits per heavy atom. The first-order valence-corrected chi connectivity index (χ1v) is 5.82. The summed E-state index contributed by atoms with van der Waals surface area (Å²) in [7, 11) is 0. The molecule has 2 rings (SSSR count). The minimum Gasteiger partial charge on any atom is -0.151 e. The second kappa shape index (κ2) is 5.39. The third-order valence-corrected chi connectivity index (χ3v) is 2.60. The van der Waals surface area contributed by atoms with Gasteiger partial charge in [0.05, 0.1) is 11.4 Å². The van der Waals surface area contributed by atoms with Crippen LogP contribution in [0.1, 0.15) is 25.3 Å². The molecule has 0 aliphatic rings. The number of benzene rings is 2. The van der Waals surface area contributed by atoms with E-state index >= 15 is 0 Å². The molecule has 0 N–H and O–H groups in total. The van der Waals surface area contributed by atoms with Gasteiger partial charge in [0.1, 0.15) is 0 Å². The smallest absolute Gasteiger partial charge is 0.0857 e. The van der Waals surface area contributed by atoms with Crippen molar-refractivity contribution in [2.45, 2.75) is 19.8 Å². The Labute approximate surface area is 102 Å². The maximum absolute atomic E-state index is 4.20. The highest BCUT2D eigenvalue weighted by Gasteiger charge is 1.97. The highest BCUT2D eigenvalue weighted by Crippen LogP contribution is 2.21. The Morgan fingerprint density at radius 3 is 1.76 bits per heavy atom. The van der Waals surface area contributed by atoms with E-state index in [2.05, 4.69) is 36.2 Å². The normalized spacial score (nSPS) is 11.2. The minimum atomic E-state index is 0.551. The fourth-order valence-electron chi connectivity index (χ4n) is 1.54. The molecule has 86 valence electrons. The van der Waals surface area contributed by atoms with E-state index in [1.54, 1.807) is 0 Å². The Bertz CT molecular complexity index is 484. The molecule has 2 aromatic carbocycles. The van der Waals surface area contributed by atoms with Gasteiger partial charge in [-0.2, -0.15) is 10.2 Å². The van der Waals surface area contributed by atoms with Crippen LogP contribution in [0.4, 0.5) is 11.4 Å². The summed E-state index contributed by atoms with van der Waals surface area (Å²) in [4.78, 5) is 0. The van der Waals surface area contributed by atoms with Crippen molar-refractivity contribution >= 4 is 11.4 Å². The Morgan fingerprint density at radius 1 is 0.706 bits per heavy atom. The fraction of sp³-hybridized carbons (Fsp3) is 0.200. The Hall–Kier alpha value is -1.96. The summed E-state index contributed by atoms with van der Waals surface area (Å²) < 4.78 is 0. The highest BCUT2D eigenvalue weighted by molar-refractivity contribution is 5.41. The van der Waals surface area contributed by atoms with E-state index < -0.39 is 0 Å². The highest BCUT2D eigenvalue weighted by atomic mass is 15.1. The SMILES string of the molecule is CC(C)c1ccc(N=Nc2ccccc2)cc1. The van der Waals surface area contributed by atoms with E-state index in [0.717, 1.165) is 11.4 Å². The summed E-state index contributed by atoms with van der Waals surface area (Å²) in [6.45, 7) is 4.36. The summed E-state index contributed by atoms with van der Waals surface area (Å²) in [5, 5.41) is 8.38. The van der Waals surface area contributed by atoms with Crippen molar-refractivity contribution in [1.82, 2.24) is 0 Å². The van der Waals surface area contributed by atoms with Crippen molar-refractivity contribution in [3.05, 3.63) is 60.2 Å². The van der Waals surface area contributed by atoms with Gasteiger partial charge >= 0.3 is 0 Å². The van der Waals surface area contributed by atoms with Gasteiger partial charge in [-0.05, 0) is 35.7 Å². The molecule has 0 fully saturated rings. The van der Waals surface area contributed by atoms with Gasteiger partial charge in [-0.15, -0.1) is 0 Å². The van der Waals surface area contributed by atoms with Gasteiger partial charge in [-0.3, -0.25) is 0 Å². The van der Waals surface area contributed by atoms with Crippen LogP contribution in [0.5, 0.6) is 0 Å². The summed E-state index contributed by atoms with van der Waals surface area (Å²) in [5.41, 5.74) is 3.09. The van der Waals surface area contributed by atoms with Crippen molar-refractivity contribution in [3.8, 4) is 0 Å². The van der Waals surface area contributed by atoms with Crippen LogP contribution < -0.4 is 0 Å². The first-order chi connectivity index (χ1) is 8.25. The average Bonchev–Trinajstić information content (AvgIpc) is 2.38. The summed E-state index contributed by atoms with van der Waals surface area (Å²) in [5.74, 6) is 0.551. The second-order valence-corrected chi connectivity index (χ2v) is 4.28. The third kappa shape index (κ3) is 3.25. The van der Waals surface area contributed by atoms with E-state index in [4.69, 9.17) is 0 Å². The number of nitrogens with zero attached hydrogens (tertiary/aromatic N) is 2. The van der Waals surface area contributed by atoms with Gasteiger partial charge in [0.15, 0.2) is 0 Å². The first-order valence-electron chi connectivity index (χ1n) is 5.82. The molecule has 2 nitrogen and oxygen atoms in total. The van der Waals surface area contributed by atoms with Crippen molar-refractivity contribution in [2.75, 3.05) is 0 Å². The minimum absolute atomic E-state index is 0.551. The first kappa shape index (κ1) is 11.5. The van der Waals surface area contributed by atoms with Gasteiger partial charge in [-0.1, -0.05) is 44.2 Å². The van der Waals surface area contributed by atoms with Gasteiger partial charge in [0.2, 0.25) is 0 Å². The van der Waals surface area contributed by atoms with Crippen molar-refractivity contribution in [2.24, 2.45) is 10.2 Å². The Kier molecular flexibility index (Phi) is 3.66. The zero-order valence-corrected chi connectivity index (χ0v) is 10.2. The average molecular weight is 224 g/mol. The van der Waals surface area contributed by atoms with Crippen molar-refractivity contribution < 1.29 is 0 Å². The lowest BCUT2D eigenvalue weighted by Crippen LogP contribution is -1.84. The molecule has 0 amide bonds. The van der Waals surface area contributed by atoms with Crippen molar-refractivity contribution in [1.29, 1.82) is 0 Å². The standard InChI is InChI=1S/C15H16N2/c1-12(2)13-8-10-15(11-9-13)17-16-14-6-4-3-5-7-14/h3-12H,1-2H3. The molecule has 0 aliphatic heterocycles. The predicted molar refractivity (Wildman–Crippen MR) is 71.1 cm³/mol. The molecule has 0 aliphatic carbocycles. The van der Waals surface area contributed by atoms with Gasteiger partial charge in [0.25, 0.3) is 0 Å². The van der Waals surface area contributed by atoms with E-state index in [1.807, 2.05) is 42.5 Å². The second-order valence-electron chi connectivity index (χ2n) is 4.28. The predicted octanol–water partition coefficient (Wildman–Crippen LogP) is 5.23. The number of hydrogen-bond donors (Lipinski definition) is 0. The summed E-state index contributed by atoms with van der Waals surface area (Å²) in [6.07, 6.45) is 0. The van der Waals surface area contributed by atoms with E-state index in [0.29, 0.717) is 5.92 Å². The van der Waals surface area contributed by atoms with Crippen LogP contribution in [-0.4, -0.2) is 0 Å². The molecule has 0 aromatic heterocycles. The Balaban J connectivity index is 2.12. The monoisotopic (exact) mass is 224 g/mol. The maximum Gasteiger partial charge on any atom is 0.0857 e. The zero-order chi connectivity index (χ0) is 12.1. The van der Waals surface area contributed by atoms with Gasteiger partial charge in [-0.25, -0.2) is 0 Å². The molecule has 0 saturated carbocycles. The van der Waals surface area contributed by atoms with Crippen LogP contribution in [0.15, 0.2) is 64.8 Å². The molecule has 0 radical (unpaired) electrons. The lowest BCUT2D eigenvalue weighted by molar-refractivity contribution is 0.866. The van der Waals surface area contributed by atoms with E-state index in [1.165, 1.54) is 5.56 Å². The lowest BCUT2D eigenvalue weighted by Gasteiger charge is -2.03. The maximum atomic E-state index is 4.20. The molecular weight excluding hydrogens is 208 g/mol. The third-order valence-electron chi connectivity index (χ3n) is 2.60. The molecule has 0 bridgehead atoms. The number of rotatable bonds is 3. The molecule has 0 unspecified atom stereocenters. The molecule has 0 saturated heterocycles. The number of hydrogen-bond acceptors (Lipinski definition) is 2. The lowest BCUT2D eigenvalue weighted by atomic mass is 10.0. The van der Waals surface area contributed by atoms with Crippen LogP contribution in [0.2, 0.25) is 0 Å². The molecule has 0 atom stereocenters. The molecule has 0 spiro atoms. The van der Waals surface area contributed by atoms with Crippen LogP contribution in [0.3, 0.4) is 0 Å². The molecule has 0 heterocycles. The van der Waals surface area contributed by atoms with Gasteiger partial charge < -0.3 is 0 Å². The van der Waals surface area contributed by atoms with Crippen molar-refractivity contribution in [3.63, 3.8) is 0 Å². The summed E-state index contributed by atoms with van der Waals surface area (Å²) >= 11 is 0. The fourth-order valence-corrected chi connectivity index (χ4v) is 1.54.